The second kappa shape index (κ2) is 12.1. The molecule has 0 aliphatic carbocycles. The highest BCUT2D eigenvalue weighted by Crippen LogP contribution is 2.31. The van der Waals surface area contributed by atoms with Crippen molar-refractivity contribution in [2.75, 3.05) is 31.3 Å². The van der Waals surface area contributed by atoms with E-state index in [1.165, 1.54) is 0 Å². The Balaban J connectivity index is 1.82. The van der Waals surface area contributed by atoms with Gasteiger partial charge in [0.05, 0.1) is 43.4 Å². The van der Waals surface area contributed by atoms with E-state index in [4.69, 9.17) is 24.5 Å². The van der Waals surface area contributed by atoms with E-state index in [0.717, 1.165) is 28.3 Å². The van der Waals surface area contributed by atoms with E-state index >= 15 is 0 Å². The fourth-order valence-corrected chi connectivity index (χ4v) is 3.72. The first-order chi connectivity index (χ1) is 16.0. The summed E-state index contributed by atoms with van der Waals surface area (Å²) in [5.74, 6) is -0.206. The standard InChI is InChI=1S/C26H31N3O4/c1-19(2)29(20(3)17-32-14-15-33-18-24(30)31)23-16-27-25(21-10-6-4-7-11-21)26(28-23)22-12-8-5-9-13-22/h4-13,16,19-20H,14-15,17-18H2,1-3H3,(H,30,31)/t20-/m0/s1. The van der Waals surface area contributed by atoms with Crippen LogP contribution in [0.4, 0.5) is 5.82 Å². The van der Waals surface area contributed by atoms with Crippen LogP contribution in [0.2, 0.25) is 0 Å². The fraction of sp³-hybridized carbons (Fsp3) is 0.346. The van der Waals surface area contributed by atoms with Crippen molar-refractivity contribution < 1.29 is 19.4 Å². The van der Waals surface area contributed by atoms with Crippen LogP contribution in [0, 0.1) is 0 Å². The van der Waals surface area contributed by atoms with Crippen LogP contribution < -0.4 is 4.90 Å². The molecule has 0 saturated carbocycles. The van der Waals surface area contributed by atoms with E-state index in [2.05, 4.69) is 25.7 Å². The van der Waals surface area contributed by atoms with E-state index in [-0.39, 0.29) is 25.3 Å². The van der Waals surface area contributed by atoms with Gasteiger partial charge in [-0.25, -0.2) is 9.78 Å². The molecular formula is C26H31N3O4. The second-order valence-electron chi connectivity index (χ2n) is 8.03. The molecule has 0 spiro atoms. The molecule has 7 nitrogen and oxygen atoms in total. The van der Waals surface area contributed by atoms with Crippen molar-refractivity contribution in [2.45, 2.75) is 32.9 Å². The normalized spacial score (nSPS) is 12.0. The lowest BCUT2D eigenvalue weighted by Crippen LogP contribution is -2.42. The Morgan fingerprint density at radius 1 is 0.909 bits per heavy atom. The molecule has 1 N–H and O–H groups in total. The molecule has 0 fully saturated rings. The number of carboxylic acid groups (broad SMARTS) is 1. The average Bonchev–Trinajstić information content (AvgIpc) is 2.82. The van der Waals surface area contributed by atoms with Crippen LogP contribution in [0.25, 0.3) is 22.5 Å². The highest BCUT2D eigenvalue weighted by atomic mass is 16.5. The maximum atomic E-state index is 10.5. The zero-order valence-corrected chi connectivity index (χ0v) is 19.3. The molecule has 0 bridgehead atoms. The number of hydrogen-bond donors (Lipinski definition) is 1. The van der Waals surface area contributed by atoms with E-state index < -0.39 is 5.97 Å². The predicted molar refractivity (Wildman–Crippen MR) is 129 cm³/mol. The molecule has 0 unspecified atom stereocenters. The van der Waals surface area contributed by atoms with E-state index in [0.29, 0.717) is 13.2 Å². The summed E-state index contributed by atoms with van der Waals surface area (Å²) in [5.41, 5.74) is 3.70. The topological polar surface area (TPSA) is 84.8 Å². The quantitative estimate of drug-likeness (QED) is 0.407. The Kier molecular flexibility index (Phi) is 8.92. The zero-order chi connectivity index (χ0) is 23.6. The van der Waals surface area contributed by atoms with Gasteiger partial charge >= 0.3 is 5.97 Å². The number of ether oxygens (including phenoxy) is 2. The van der Waals surface area contributed by atoms with Crippen molar-refractivity contribution in [1.29, 1.82) is 0 Å². The monoisotopic (exact) mass is 449 g/mol. The lowest BCUT2D eigenvalue weighted by atomic mass is 10.0. The summed E-state index contributed by atoms with van der Waals surface area (Å²) >= 11 is 0. The van der Waals surface area contributed by atoms with Gasteiger partial charge in [-0.3, -0.25) is 4.98 Å². The number of hydrogen-bond acceptors (Lipinski definition) is 6. The summed E-state index contributed by atoms with van der Waals surface area (Å²) in [5, 5.41) is 8.63. The van der Waals surface area contributed by atoms with Crippen LogP contribution in [-0.4, -0.2) is 59.6 Å². The van der Waals surface area contributed by atoms with Gasteiger partial charge in [0.1, 0.15) is 12.4 Å². The Bertz CT molecular complexity index is 1010. The first-order valence-corrected chi connectivity index (χ1v) is 11.1. The Morgan fingerprint density at radius 2 is 1.48 bits per heavy atom. The van der Waals surface area contributed by atoms with Crippen LogP contribution >= 0.6 is 0 Å². The molecule has 0 aliphatic heterocycles. The zero-order valence-electron chi connectivity index (χ0n) is 19.3. The smallest absolute Gasteiger partial charge is 0.329 e. The van der Waals surface area contributed by atoms with Crippen LogP contribution in [0.1, 0.15) is 20.8 Å². The lowest BCUT2D eigenvalue weighted by molar-refractivity contribution is -0.142. The molecule has 1 aromatic heterocycles. The summed E-state index contributed by atoms with van der Waals surface area (Å²) in [6, 6.07) is 20.4. The number of anilines is 1. The van der Waals surface area contributed by atoms with Crippen molar-refractivity contribution in [3.05, 3.63) is 66.9 Å². The van der Waals surface area contributed by atoms with Gasteiger partial charge in [0.25, 0.3) is 0 Å². The van der Waals surface area contributed by atoms with Gasteiger partial charge in [-0.05, 0) is 20.8 Å². The number of benzene rings is 2. The molecule has 2 aromatic carbocycles. The maximum Gasteiger partial charge on any atom is 0.329 e. The molecule has 1 atom stereocenters. The molecule has 0 aliphatic rings. The van der Waals surface area contributed by atoms with Crippen molar-refractivity contribution >= 4 is 11.8 Å². The largest absolute Gasteiger partial charge is 0.480 e. The maximum absolute atomic E-state index is 10.5. The Hall–Kier alpha value is -3.29. The number of carbonyl (C=O) groups is 1. The molecule has 174 valence electrons. The van der Waals surface area contributed by atoms with Gasteiger partial charge in [-0.15, -0.1) is 0 Å². The van der Waals surface area contributed by atoms with Gasteiger partial charge in [-0.2, -0.15) is 0 Å². The molecule has 0 amide bonds. The van der Waals surface area contributed by atoms with E-state index in [1.54, 1.807) is 0 Å². The molecule has 0 saturated heterocycles. The number of carboxylic acids is 1. The fourth-order valence-electron chi connectivity index (χ4n) is 3.72. The molecule has 3 rings (SSSR count). The number of nitrogens with zero attached hydrogens (tertiary/aromatic N) is 3. The SMILES string of the molecule is CC(C)N(c1cnc(-c2ccccc2)c(-c2ccccc2)n1)[C@@H](C)COCCOCC(=O)O. The summed E-state index contributed by atoms with van der Waals surface area (Å²) in [6.07, 6.45) is 1.82. The van der Waals surface area contributed by atoms with Gasteiger partial charge in [-0.1, -0.05) is 60.7 Å². The van der Waals surface area contributed by atoms with E-state index in [1.807, 2.05) is 66.9 Å². The Labute approximate surface area is 195 Å². The summed E-state index contributed by atoms with van der Waals surface area (Å²) in [4.78, 5) is 22.6. The van der Waals surface area contributed by atoms with Crippen LogP contribution in [0.3, 0.4) is 0 Å². The summed E-state index contributed by atoms with van der Waals surface area (Å²) < 4.78 is 10.8. The predicted octanol–water partition coefficient (Wildman–Crippen LogP) is 4.53. The summed E-state index contributed by atoms with van der Waals surface area (Å²) in [6.45, 7) is 7.01. The van der Waals surface area contributed by atoms with Crippen molar-refractivity contribution in [2.24, 2.45) is 0 Å². The van der Waals surface area contributed by atoms with Crippen molar-refractivity contribution in [1.82, 2.24) is 9.97 Å². The minimum absolute atomic E-state index is 0.0324. The van der Waals surface area contributed by atoms with Crippen molar-refractivity contribution in [3.63, 3.8) is 0 Å². The van der Waals surface area contributed by atoms with Gasteiger partial charge in [0.15, 0.2) is 0 Å². The molecular weight excluding hydrogens is 418 g/mol. The van der Waals surface area contributed by atoms with Crippen LogP contribution in [0.5, 0.6) is 0 Å². The van der Waals surface area contributed by atoms with E-state index in [9.17, 15) is 4.79 Å². The number of aromatic nitrogens is 2. The first kappa shape index (κ1) is 24.4. The number of rotatable bonds is 12. The third kappa shape index (κ3) is 6.84. The average molecular weight is 450 g/mol. The third-order valence-electron chi connectivity index (χ3n) is 5.11. The van der Waals surface area contributed by atoms with Crippen LogP contribution in [0.15, 0.2) is 66.9 Å². The minimum Gasteiger partial charge on any atom is -0.480 e. The van der Waals surface area contributed by atoms with Gasteiger partial charge in [0, 0.05) is 17.2 Å². The lowest BCUT2D eigenvalue weighted by Gasteiger charge is -2.34. The highest BCUT2D eigenvalue weighted by Gasteiger charge is 2.22. The summed E-state index contributed by atoms with van der Waals surface area (Å²) in [7, 11) is 0. The molecule has 7 heteroatoms. The molecule has 1 heterocycles. The molecule has 0 radical (unpaired) electrons. The van der Waals surface area contributed by atoms with Gasteiger partial charge < -0.3 is 19.5 Å². The van der Waals surface area contributed by atoms with Crippen molar-refractivity contribution in [3.8, 4) is 22.5 Å². The minimum atomic E-state index is -0.985. The third-order valence-corrected chi connectivity index (χ3v) is 5.11. The molecule has 3 aromatic rings. The highest BCUT2D eigenvalue weighted by molar-refractivity contribution is 5.78. The van der Waals surface area contributed by atoms with Gasteiger partial charge in [0.2, 0.25) is 0 Å². The first-order valence-electron chi connectivity index (χ1n) is 11.1. The Morgan fingerprint density at radius 3 is 2.06 bits per heavy atom. The number of aliphatic carboxylic acids is 1. The molecule has 33 heavy (non-hydrogen) atoms. The van der Waals surface area contributed by atoms with Crippen LogP contribution in [-0.2, 0) is 14.3 Å². The second-order valence-corrected chi connectivity index (χ2v) is 8.03.